The molecule has 0 bridgehead atoms. The predicted octanol–water partition coefficient (Wildman–Crippen LogP) is 4.04. The van der Waals surface area contributed by atoms with E-state index in [1.807, 2.05) is 12.1 Å². The van der Waals surface area contributed by atoms with E-state index in [-0.39, 0.29) is 10.5 Å². The minimum absolute atomic E-state index is 0.160. The Bertz CT molecular complexity index is 601. The molecule has 0 saturated heterocycles. The lowest BCUT2D eigenvalue weighted by molar-refractivity contribution is 0.414. The number of ether oxygens (including phenoxy) is 1. The van der Waals surface area contributed by atoms with Crippen LogP contribution in [0.25, 0.3) is 0 Å². The van der Waals surface area contributed by atoms with Gasteiger partial charge in [0.1, 0.15) is 5.75 Å². The lowest BCUT2D eigenvalue weighted by Crippen LogP contribution is -2.11. The smallest absolute Gasteiger partial charge is 0.118 e. The van der Waals surface area contributed by atoms with Gasteiger partial charge in [-0.05, 0) is 41.0 Å². The van der Waals surface area contributed by atoms with Gasteiger partial charge < -0.3 is 4.74 Å². The summed E-state index contributed by atoms with van der Waals surface area (Å²) in [6.07, 6.45) is 1.16. The summed E-state index contributed by atoms with van der Waals surface area (Å²) in [5.41, 5.74) is 4.29. The largest absolute Gasteiger partial charge is 0.497 e. The van der Waals surface area contributed by atoms with Gasteiger partial charge in [0.15, 0.2) is 0 Å². The Kier molecular flexibility index (Phi) is 3.43. The Balaban J connectivity index is 2.05. The monoisotopic (exact) mass is 270 g/mol. The fourth-order valence-corrected chi connectivity index (χ4v) is 4.56. The molecular formula is C17H18OS. The van der Waals surface area contributed by atoms with Crippen molar-refractivity contribution in [2.45, 2.75) is 11.7 Å². The normalized spacial score (nSPS) is 21.7. The summed E-state index contributed by atoms with van der Waals surface area (Å²) in [6.45, 7) is 0. The molecule has 1 nitrogen and oxygen atoms in total. The highest BCUT2D eigenvalue weighted by Gasteiger charge is 2.23. The van der Waals surface area contributed by atoms with Gasteiger partial charge in [-0.15, -0.1) is 0 Å². The third-order valence-electron chi connectivity index (χ3n) is 3.72. The molecular weight excluding hydrogens is 252 g/mol. The van der Waals surface area contributed by atoms with Crippen LogP contribution in [0.5, 0.6) is 5.75 Å². The molecule has 2 atom stereocenters. The van der Waals surface area contributed by atoms with Crippen molar-refractivity contribution in [1.29, 1.82) is 0 Å². The minimum Gasteiger partial charge on any atom is -0.497 e. The fraction of sp³-hybridized carbons (Fsp3) is 0.235. The maximum atomic E-state index is 5.24. The van der Waals surface area contributed by atoms with Crippen LogP contribution in [-0.4, -0.2) is 18.7 Å². The molecule has 1 aliphatic rings. The van der Waals surface area contributed by atoms with Gasteiger partial charge >= 0.3 is 0 Å². The molecule has 0 amide bonds. The number of rotatable bonds is 2. The molecule has 1 unspecified atom stereocenters. The van der Waals surface area contributed by atoms with Crippen LogP contribution in [0.2, 0.25) is 0 Å². The third kappa shape index (κ3) is 2.33. The van der Waals surface area contributed by atoms with Crippen molar-refractivity contribution in [2.75, 3.05) is 12.9 Å². The number of aryl methyl sites for hydroxylation is 1. The maximum Gasteiger partial charge on any atom is 0.118 e. The zero-order valence-electron chi connectivity index (χ0n) is 11.1. The zero-order valence-corrected chi connectivity index (χ0v) is 12.0. The second-order valence-corrected chi connectivity index (χ2v) is 6.80. The minimum atomic E-state index is 0.160. The van der Waals surface area contributed by atoms with Crippen molar-refractivity contribution in [1.82, 2.24) is 0 Å². The number of hydrogen-bond acceptors (Lipinski definition) is 1. The van der Waals surface area contributed by atoms with E-state index in [9.17, 15) is 0 Å². The summed E-state index contributed by atoms with van der Waals surface area (Å²) in [5.74, 6) is 6.50. The lowest BCUT2D eigenvalue weighted by Gasteiger charge is -2.29. The quantitative estimate of drug-likeness (QED) is 0.748. The highest BCUT2D eigenvalue weighted by molar-refractivity contribution is 8.14. The van der Waals surface area contributed by atoms with E-state index in [4.69, 9.17) is 4.74 Å². The Labute approximate surface area is 117 Å². The van der Waals surface area contributed by atoms with Gasteiger partial charge in [-0.1, -0.05) is 42.3 Å². The second-order valence-electron chi connectivity index (χ2n) is 4.84. The molecule has 3 rings (SSSR count). The Morgan fingerprint density at radius 1 is 1.11 bits per heavy atom. The van der Waals surface area contributed by atoms with Gasteiger partial charge in [0.2, 0.25) is 0 Å². The molecule has 2 aromatic carbocycles. The standard InChI is InChI=1S/C17H18OS/c1-18-15-9-7-14(8-10-15)17-16-6-4-3-5-13(16)11-12-19(17)2/h3-10,17H,2,11-12H2,1H3/t17-,19?/m1/s1. The average Bonchev–Trinajstić information content (AvgIpc) is 2.47. The van der Waals surface area contributed by atoms with Crippen molar-refractivity contribution in [3.63, 3.8) is 0 Å². The summed E-state index contributed by atoms with van der Waals surface area (Å²) in [4.78, 5) is 0. The van der Waals surface area contributed by atoms with Crippen molar-refractivity contribution >= 4 is 16.4 Å². The molecule has 0 aliphatic carbocycles. The van der Waals surface area contributed by atoms with Crippen LogP contribution in [0.15, 0.2) is 48.5 Å². The van der Waals surface area contributed by atoms with E-state index in [0.717, 1.165) is 12.2 Å². The van der Waals surface area contributed by atoms with Gasteiger partial charge in [0.25, 0.3) is 0 Å². The topological polar surface area (TPSA) is 9.23 Å². The van der Waals surface area contributed by atoms with Gasteiger partial charge in [0, 0.05) is 5.25 Å². The van der Waals surface area contributed by atoms with Gasteiger partial charge in [-0.2, -0.15) is 10.5 Å². The molecule has 1 heterocycles. The van der Waals surface area contributed by atoms with Crippen molar-refractivity contribution < 1.29 is 4.74 Å². The summed E-state index contributed by atoms with van der Waals surface area (Å²) >= 11 is 0. The number of benzene rings is 2. The van der Waals surface area contributed by atoms with Crippen LogP contribution in [0.3, 0.4) is 0 Å². The first-order valence-electron chi connectivity index (χ1n) is 6.51. The van der Waals surface area contributed by atoms with Crippen LogP contribution in [-0.2, 0) is 6.42 Å². The first kappa shape index (κ1) is 12.5. The molecule has 98 valence electrons. The fourth-order valence-electron chi connectivity index (χ4n) is 2.71. The first-order valence-corrected chi connectivity index (χ1v) is 8.13. The molecule has 0 radical (unpaired) electrons. The maximum absolute atomic E-state index is 5.24. The summed E-state index contributed by atoms with van der Waals surface area (Å²) in [5, 5.41) is 0.441. The molecule has 1 aliphatic heterocycles. The summed E-state index contributed by atoms with van der Waals surface area (Å²) in [7, 11) is 1.87. The van der Waals surface area contributed by atoms with E-state index < -0.39 is 0 Å². The van der Waals surface area contributed by atoms with Crippen molar-refractivity contribution in [2.24, 2.45) is 0 Å². The van der Waals surface area contributed by atoms with Crippen LogP contribution in [0.4, 0.5) is 0 Å². The second kappa shape index (κ2) is 5.22. The first-order chi connectivity index (χ1) is 9.29. The molecule has 2 aromatic rings. The van der Waals surface area contributed by atoms with E-state index in [1.54, 1.807) is 7.11 Å². The van der Waals surface area contributed by atoms with Crippen LogP contribution >= 0.6 is 10.5 Å². The number of methoxy groups -OCH3 is 1. The van der Waals surface area contributed by atoms with Gasteiger partial charge in [-0.25, -0.2) is 0 Å². The van der Waals surface area contributed by atoms with E-state index in [2.05, 4.69) is 42.3 Å². The Hall–Kier alpha value is -1.54. The van der Waals surface area contributed by atoms with Crippen LogP contribution < -0.4 is 4.74 Å². The third-order valence-corrected chi connectivity index (χ3v) is 5.64. The number of hydrogen-bond donors (Lipinski definition) is 0. The van der Waals surface area contributed by atoms with Crippen LogP contribution in [0.1, 0.15) is 21.9 Å². The van der Waals surface area contributed by atoms with E-state index in [0.29, 0.717) is 5.25 Å². The molecule has 2 heteroatoms. The highest BCUT2D eigenvalue weighted by Crippen LogP contribution is 2.45. The highest BCUT2D eigenvalue weighted by atomic mass is 32.2. The van der Waals surface area contributed by atoms with Crippen molar-refractivity contribution in [3.05, 3.63) is 65.2 Å². The Morgan fingerprint density at radius 3 is 2.58 bits per heavy atom. The number of fused-ring (bicyclic) bond motifs is 1. The molecule has 0 saturated carbocycles. The summed E-state index contributed by atoms with van der Waals surface area (Å²) < 4.78 is 5.24. The average molecular weight is 270 g/mol. The van der Waals surface area contributed by atoms with Crippen molar-refractivity contribution in [3.8, 4) is 5.75 Å². The predicted molar refractivity (Wildman–Crippen MR) is 84.6 cm³/mol. The zero-order chi connectivity index (χ0) is 13.2. The van der Waals surface area contributed by atoms with E-state index in [1.165, 1.54) is 22.4 Å². The van der Waals surface area contributed by atoms with E-state index >= 15 is 0 Å². The summed E-state index contributed by atoms with van der Waals surface area (Å²) in [6, 6.07) is 17.2. The molecule has 0 aromatic heterocycles. The lowest BCUT2D eigenvalue weighted by atomic mass is 9.97. The van der Waals surface area contributed by atoms with Gasteiger partial charge in [-0.3, -0.25) is 0 Å². The van der Waals surface area contributed by atoms with Gasteiger partial charge in [0.05, 0.1) is 7.11 Å². The molecule has 0 fully saturated rings. The molecule has 0 spiro atoms. The Morgan fingerprint density at radius 2 is 1.84 bits per heavy atom. The molecule has 0 N–H and O–H groups in total. The van der Waals surface area contributed by atoms with Crippen LogP contribution in [0, 0.1) is 0 Å². The molecule has 19 heavy (non-hydrogen) atoms. The SMILES string of the molecule is C=S1CCc2ccccc2[C@H]1c1ccc(OC)cc1.